The fourth-order valence-electron chi connectivity index (χ4n) is 1.16. The van der Waals surface area contributed by atoms with Crippen molar-refractivity contribution in [3.63, 3.8) is 0 Å². The highest BCUT2D eigenvalue weighted by Crippen LogP contribution is 2.46. The van der Waals surface area contributed by atoms with E-state index in [1.165, 1.54) is 18.5 Å². The predicted molar refractivity (Wildman–Crippen MR) is 40.8 cm³/mol. The molecule has 52 valence electrons. The van der Waals surface area contributed by atoms with Crippen molar-refractivity contribution < 1.29 is 0 Å². The lowest BCUT2D eigenvalue weighted by molar-refractivity contribution is 0.750. The Morgan fingerprint density at radius 2 is 2.20 bits per heavy atom. The van der Waals surface area contributed by atoms with Gasteiger partial charge in [0.15, 0.2) is 0 Å². The molecule has 1 aromatic heterocycles. The van der Waals surface area contributed by atoms with Crippen molar-refractivity contribution in [1.82, 2.24) is 4.98 Å². The number of hydrogen-bond donors (Lipinski definition) is 0. The summed E-state index contributed by atoms with van der Waals surface area (Å²) in [4.78, 5) is 4.31. The molecule has 1 nitrogen and oxygen atoms in total. The summed E-state index contributed by atoms with van der Waals surface area (Å²) >= 11 is 0. The zero-order valence-corrected chi connectivity index (χ0v) is 6.17. The van der Waals surface area contributed by atoms with E-state index in [0.717, 1.165) is 0 Å². The maximum atomic E-state index is 4.31. The van der Waals surface area contributed by atoms with Crippen molar-refractivity contribution in [3.05, 3.63) is 30.1 Å². The second-order valence-corrected chi connectivity index (χ2v) is 3.28. The summed E-state index contributed by atoms with van der Waals surface area (Å²) in [7, 11) is 0. The van der Waals surface area contributed by atoms with Gasteiger partial charge in [-0.1, -0.05) is 13.0 Å². The van der Waals surface area contributed by atoms with Crippen LogP contribution in [-0.4, -0.2) is 4.98 Å². The van der Waals surface area contributed by atoms with E-state index in [4.69, 9.17) is 0 Å². The highest BCUT2D eigenvalue weighted by atomic mass is 14.7. The lowest BCUT2D eigenvalue weighted by Crippen LogP contribution is -2.01. The SMILES string of the molecule is CC1(c2ccccn2)CC1. The van der Waals surface area contributed by atoms with Gasteiger partial charge in [-0.15, -0.1) is 0 Å². The van der Waals surface area contributed by atoms with E-state index in [1.807, 2.05) is 12.3 Å². The van der Waals surface area contributed by atoms with Crippen LogP contribution in [0, 0.1) is 0 Å². The van der Waals surface area contributed by atoms with Gasteiger partial charge in [0.05, 0.1) is 0 Å². The van der Waals surface area contributed by atoms with E-state index in [-0.39, 0.29) is 0 Å². The summed E-state index contributed by atoms with van der Waals surface area (Å²) < 4.78 is 0. The molecule has 1 saturated carbocycles. The van der Waals surface area contributed by atoms with Crippen molar-refractivity contribution >= 4 is 0 Å². The third-order valence-corrected chi connectivity index (χ3v) is 2.28. The van der Waals surface area contributed by atoms with Crippen LogP contribution in [0.2, 0.25) is 0 Å². The zero-order chi connectivity index (χ0) is 7.03. The molecule has 0 spiro atoms. The van der Waals surface area contributed by atoms with Crippen LogP contribution in [0.4, 0.5) is 0 Å². The predicted octanol–water partition coefficient (Wildman–Crippen LogP) is 2.13. The molecule has 1 aliphatic carbocycles. The summed E-state index contributed by atoms with van der Waals surface area (Å²) in [5.74, 6) is 0. The quantitative estimate of drug-likeness (QED) is 0.572. The lowest BCUT2D eigenvalue weighted by atomic mass is 10.1. The van der Waals surface area contributed by atoms with Crippen molar-refractivity contribution in [3.8, 4) is 0 Å². The molecule has 2 rings (SSSR count). The number of nitrogens with zero attached hydrogens (tertiary/aromatic N) is 1. The van der Waals surface area contributed by atoms with Gasteiger partial charge in [0.2, 0.25) is 0 Å². The first-order valence-electron chi connectivity index (χ1n) is 3.73. The summed E-state index contributed by atoms with van der Waals surface area (Å²) in [5, 5.41) is 0. The fraction of sp³-hybridized carbons (Fsp3) is 0.444. The van der Waals surface area contributed by atoms with Gasteiger partial charge in [0.1, 0.15) is 0 Å². The van der Waals surface area contributed by atoms with Crippen molar-refractivity contribution in [2.24, 2.45) is 0 Å². The van der Waals surface area contributed by atoms with Crippen LogP contribution in [0.3, 0.4) is 0 Å². The second-order valence-electron chi connectivity index (χ2n) is 3.28. The number of hydrogen-bond acceptors (Lipinski definition) is 1. The minimum Gasteiger partial charge on any atom is -0.261 e. The van der Waals surface area contributed by atoms with Crippen molar-refractivity contribution in [2.45, 2.75) is 25.2 Å². The average molecular weight is 133 g/mol. The Morgan fingerprint density at radius 1 is 1.40 bits per heavy atom. The summed E-state index contributed by atoms with van der Waals surface area (Å²) in [6, 6.07) is 6.15. The summed E-state index contributed by atoms with van der Waals surface area (Å²) in [6.07, 6.45) is 4.49. The molecule has 1 heteroatoms. The van der Waals surface area contributed by atoms with Crippen LogP contribution < -0.4 is 0 Å². The largest absolute Gasteiger partial charge is 0.261 e. The Kier molecular flexibility index (Phi) is 1.07. The smallest absolute Gasteiger partial charge is 0.0462 e. The van der Waals surface area contributed by atoms with E-state index in [1.54, 1.807) is 0 Å². The normalized spacial score (nSPS) is 20.5. The van der Waals surface area contributed by atoms with Crippen molar-refractivity contribution in [2.75, 3.05) is 0 Å². The Morgan fingerprint density at radius 3 is 2.70 bits per heavy atom. The summed E-state index contributed by atoms with van der Waals surface area (Å²) in [6.45, 7) is 2.27. The van der Waals surface area contributed by atoms with Crippen LogP contribution in [0.15, 0.2) is 24.4 Å². The third kappa shape index (κ3) is 0.821. The van der Waals surface area contributed by atoms with Gasteiger partial charge in [-0.05, 0) is 25.0 Å². The maximum Gasteiger partial charge on any atom is 0.0462 e. The molecule has 0 aromatic carbocycles. The molecule has 0 atom stereocenters. The van der Waals surface area contributed by atoms with Gasteiger partial charge in [-0.3, -0.25) is 4.98 Å². The van der Waals surface area contributed by atoms with Gasteiger partial charge in [-0.2, -0.15) is 0 Å². The van der Waals surface area contributed by atoms with Gasteiger partial charge in [-0.25, -0.2) is 0 Å². The van der Waals surface area contributed by atoms with Crippen LogP contribution >= 0.6 is 0 Å². The first kappa shape index (κ1) is 5.90. The molecule has 10 heavy (non-hydrogen) atoms. The average Bonchev–Trinajstić information content (AvgIpc) is 2.72. The fourth-order valence-corrected chi connectivity index (χ4v) is 1.16. The molecule has 1 fully saturated rings. The minimum atomic E-state index is 0.432. The molecule has 0 unspecified atom stereocenters. The second kappa shape index (κ2) is 1.82. The molecule has 0 radical (unpaired) electrons. The molecule has 1 heterocycles. The Balaban J connectivity index is 2.35. The number of aromatic nitrogens is 1. The lowest BCUT2D eigenvalue weighted by Gasteiger charge is -2.04. The number of pyridine rings is 1. The molecular formula is C9H11N. The van der Waals surface area contributed by atoms with Crippen molar-refractivity contribution in [1.29, 1.82) is 0 Å². The molecule has 0 aliphatic heterocycles. The Hall–Kier alpha value is -0.850. The van der Waals surface area contributed by atoms with Gasteiger partial charge >= 0.3 is 0 Å². The Labute approximate surface area is 61.1 Å². The van der Waals surface area contributed by atoms with E-state index in [0.29, 0.717) is 5.41 Å². The monoisotopic (exact) mass is 133 g/mol. The molecule has 1 aromatic rings. The van der Waals surface area contributed by atoms with Gasteiger partial charge in [0.25, 0.3) is 0 Å². The first-order valence-corrected chi connectivity index (χ1v) is 3.73. The molecular weight excluding hydrogens is 122 g/mol. The molecule has 1 aliphatic rings. The van der Waals surface area contributed by atoms with Crippen LogP contribution in [0.25, 0.3) is 0 Å². The van der Waals surface area contributed by atoms with E-state index in [9.17, 15) is 0 Å². The topological polar surface area (TPSA) is 12.9 Å². The molecule has 0 saturated heterocycles. The van der Waals surface area contributed by atoms with Crippen LogP contribution in [0.5, 0.6) is 0 Å². The standard InChI is InChI=1S/C9H11N/c1-9(5-6-9)8-4-2-3-7-10-8/h2-4,7H,5-6H2,1H3. The maximum absolute atomic E-state index is 4.31. The zero-order valence-electron chi connectivity index (χ0n) is 6.17. The highest BCUT2D eigenvalue weighted by Gasteiger charge is 2.39. The highest BCUT2D eigenvalue weighted by molar-refractivity contribution is 5.22. The molecule has 0 bridgehead atoms. The van der Waals surface area contributed by atoms with Crippen LogP contribution in [-0.2, 0) is 5.41 Å². The summed E-state index contributed by atoms with van der Waals surface area (Å²) in [5.41, 5.74) is 1.69. The molecule has 0 amide bonds. The Bertz CT molecular complexity index is 224. The first-order chi connectivity index (χ1) is 4.81. The van der Waals surface area contributed by atoms with E-state index in [2.05, 4.69) is 24.0 Å². The van der Waals surface area contributed by atoms with E-state index >= 15 is 0 Å². The van der Waals surface area contributed by atoms with Crippen LogP contribution in [0.1, 0.15) is 25.5 Å². The minimum absolute atomic E-state index is 0.432. The van der Waals surface area contributed by atoms with Gasteiger partial charge in [0, 0.05) is 17.3 Å². The van der Waals surface area contributed by atoms with Gasteiger partial charge < -0.3 is 0 Å². The third-order valence-electron chi connectivity index (χ3n) is 2.28. The number of rotatable bonds is 1. The molecule has 0 N–H and O–H groups in total. The van der Waals surface area contributed by atoms with E-state index < -0.39 is 0 Å².